The van der Waals surface area contributed by atoms with Crippen LogP contribution in [0.3, 0.4) is 0 Å². The van der Waals surface area contributed by atoms with E-state index in [0.29, 0.717) is 12.8 Å². The molecule has 0 radical (unpaired) electrons. The van der Waals surface area contributed by atoms with Gasteiger partial charge in [0.2, 0.25) is 10.0 Å². The van der Waals surface area contributed by atoms with Gasteiger partial charge in [-0.15, -0.1) is 0 Å². The molecule has 7 heteroatoms. The largest absolute Gasteiger partial charge is 0.391 e. The number of nitrogens with one attached hydrogen (secondary N) is 1. The van der Waals surface area contributed by atoms with Crippen LogP contribution in [0.5, 0.6) is 0 Å². The minimum Gasteiger partial charge on any atom is -0.391 e. The Morgan fingerprint density at radius 1 is 1.22 bits per heavy atom. The number of benzene rings is 1. The Labute approximate surface area is 136 Å². The van der Waals surface area contributed by atoms with E-state index in [-0.39, 0.29) is 4.90 Å². The Balaban J connectivity index is 1.79. The fraction of sp³-hybridized carbons (Fsp3) is 0.438. The van der Waals surface area contributed by atoms with E-state index >= 15 is 0 Å². The van der Waals surface area contributed by atoms with Gasteiger partial charge in [0.25, 0.3) is 0 Å². The molecule has 2 aromatic rings. The molecule has 1 aromatic carbocycles. The van der Waals surface area contributed by atoms with E-state index in [9.17, 15) is 13.5 Å². The van der Waals surface area contributed by atoms with E-state index in [1.807, 2.05) is 31.2 Å². The lowest BCUT2D eigenvalue weighted by Crippen LogP contribution is -2.44. The number of rotatable bonds is 4. The third-order valence-corrected chi connectivity index (χ3v) is 5.65. The summed E-state index contributed by atoms with van der Waals surface area (Å²) in [6.07, 6.45) is 5.35. The summed E-state index contributed by atoms with van der Waals surface area (Å²) in [5, 5.41) is 14.1. The first-order chi connectivity index (χ1) is 11.0. The molecule has 1 aliphatic carbocycles. The third-order valence-electron chi connectivity index (χ3n) is 4.20. The lowest BCUT2D eigenvalue weighted by atomic mass is 9.93. The number of aryl methyl sites for hydroxylation is 1. The molecule has 124 valence electrons. The molecule has 2 unspecified atom stereocenters. The van der Waals surface area contributed by atoms with Crippen molar-refractivity contribution in [2.75, 3.05) is 0 Å². The van der Waals surface area contributed by atoms with Crippen LogP contribution >= 0.6 is 0 Å². The van der Waals surface area contributed by atoms with Crippen molar-refractivity contribution in [1.82, 2.24) is 14.5 Å². The predicted molar refractivity (Wildman–Crippen MR) is 86.9 cm³/mol. The van der Waals surface area contributed by atoms with Gasteiger partial charge in [0.1, 0.15) is 4.90 Å². The van der Waals surface area contributed by atoms with Crippen molar-refractivity contribution in [1.29, 1.82) is 0 Å². The first-order valence-electron chi connectivity index (χ1n) is 7.78. The first kappa shape index (κ1) is 16.2. The normalized spacial score (nSPS) is 22.2. The van der Waals surface area contributed by atoms with E-state index < -0.39 is 22.2 Å². The van der Waals surface area contributed by atoms with Crippen LogP contribution in [0.15, 0.2) is 41.6 Å². The summed E-state index contributed by atoms with van der Waals surface area (Å²) < 4.78 is 29.1. The number of aliphatic hydroxyl groups excluding tert-OH is 1. The Kier molecular flexibility index (Phi) is 4.52. The number of hydrogen-bond donors (Lipinski definition) is 2. The van der Waals surface area contributed by atoms with Gasteiger partial charge >= 0.3 is 0 Å². The summed E-state index contributed by atoms with van der Waals surface area (Å²) in [5.41, 5.74) is 1.93. The second-order valence-electron chi connectivity index (χ2n) is 6.04. The van der Waals surface area contributed by atoms with Crippen molar-refractivity contribution in [3.8, 4) is 5.69 Å². The van der Waals surface area contributed by atoms with Crippen LogP contribution in [-0.4, -0.2) is 35.5 Å². The molecule has 0 spiro atoms. The standard InChI is InChI=1S/C16H21N3O3S/c1-12-6-8-13(9-7-12)19-11-14(10-17-19)23(21,22)18-15-4-2-3-5-16(15)20/h6-11,15-16,18,20H,2-5H2,1H3. The summed E-state index contributed by atoms with van der Waals surface area (Å²) in [7, 11) is -3.68. The van der Waals surface area contributed by atoms with Crippen molar-refractivity contribution >= 4 is 10.0 Å². The number of hydrogen-bond acceptors (Lipinski definition) is 4. The Morgan fingerprint density at radius 3 is 2.61 bits per heavy atom. The van der Waals surface area contributed by atoms with Gasteiger partial charge in [-0.2, -0.15) is 5.10 Å². The predicted octanol–water partition coefficient (Wildman–Crippen LogP) is 1.76. The van der Waals surface area contributed by atoms with Gasteiger partial charge in [0.15, 0.2) is 0 Å². The average molecular weight is 335 g/mol. The minimum absolute atomic E-state index is 0.107. The monoisotopic (exact) mass is 335 g/mol. The molecule has 1 aromatic heterocycles. The second-order valence-corrected chi connectivity index (χ2v) is 7.75. The zero-order chi connectivity index (χ0) is 16.4. The van der Waals surface area contributed by atoms with Gasteiger partial charge in [-0.25, -0.2) is 17.8 Å². The van der Waals surface area contributed by atoms with E-state index in [4.69, 9.17) is 0 Å². The van der Waals surface area contributed by atoms with Gasteiger partial charge in [-0.3, -0.25) is 0 Å². The fourth-order valence-electron chi connectivity index (χ4n) is 2.80. The minimum atomic E-state index is -3.68. The van der Waals surface area contributed by atoms with Crippen molar-refractivity contribution < 1.29 is 13.5 Å². The molecule has 23 heavy (non-hydrogen) atoms. The number of nitrogens with zero attached hydrogens (tertiary/aromatic N) is 2. The van der Waals surface area contributed by atoms with E-state index in [0.717, 1.165) is 24.1 Å². The first-order valence-corrected chi connectivity index (χ1v) is 9.26. The van der Waals surface area contributed by atoms with Crippen molar-refractivity contribution in [2.24, 2.45) is 0 Å². The Bertz CT molecular complexity index is 768. The summed E-state index contributed by atoms with van der Waals surface area (Å²) in [4.78, 5) is 0.107. The van der Waals surface area contributed by atoms with Crippen molar-refractivity contribution in [3.05, 3.63) is 42.2 Å². The van der Waals surface area contributed by atoms with E-state index in [2.05, 4.69) is 9.82 Å². The average Bonchev–Trinajstić information content (AvgIpc) is 3.01. The molecule has 0 bridgehead atoms. The topological polar surface area (TPSA) is 84.2 Å². The molecular weight excluding hydrogens is 314 g/mol. The number of sulfonamides is 1. The van der Waals surface area contributed by atoms with Gasteiger partial charge in [0, 0.05) is 6.04 Å². The SMILES string of the molecule is Cc1ccc(-n2cc(S(=O)(=O)NC3CCCCC3O)cn2)cc1. The van der Waals surface area contributed by atoms with Crippen LogP contribution in [0.25, 0.3) is 5.69 Å². The molecular formula is C16H21N3O3S. The van der Waals surface area contributed by atoms with Gasteiger partial charge in [0.05, 0.1) is 24.2 Å². The zero-order valence-electron chi connectivity index (χ0n) is 13.0. The lowest BCUT2D eigenvalue weighted by Gasteiger charge is -2.27. The summed E-state index contributed by atoms with van der Waals surface area (Å²) in [5.74, 6) is 0. The molecule has 0 aliphatic heterocycles. The highest BCUT2D eigenvalue weighted by Crippen LogP contribution is 2.21. The fourth-order valence-corrected chi connectivity index (χ4v) is 4.03. The molecule has 3 rings (SSSR count). The second kappa shape index (κ2) is 6.43. The third kappa shape index (κ3) is 3.63. The van der Waals surface area contributed by atoms with E-state index in [1.165, 1.54) is 17.1 Å². The highest BCUT2D eigenvalue weighted by atomic mass is 32.2. The van der Waals surface area contributed by atoms with Crippen LogP contribution in [0, 0.1) is 6.92 Å². The zero-order valence-corrected chi connectivity index (χ0v) is 13.8. The molecule has 1 aliphatic rings. The van der Waals surface area contributed by atoms with Crippen LogP contribution in [-0.2, 0) is 10.0 Å². The van der Waals surface area contributed by atoms with Crippen LogP contribution in [0.1, 0.15) is 31.2 Å². The Morgan fingerprint density at radius 2 is 1.91 bits per heavy atom. The quantitative estimate of drug-likeness (QED) is 0.892. The van der Waals surface area contributed by atoms with Crippen LogP contribution in [0.4, 0.5) is 0 Å². The summed E-state index contributed by atoms with van der Waals surface area (Å²) in [6.45, 7) is 1.99. The smallest absolute Gasteiger partial charge is 0.244 e. The van der Waals surface area contributed by atoms with Crippen molar-refractivity contribution in [2.45, 2.75) is 49.6 Å². The maximum atomic E-state index is 12.5. The van der Waals surface area contributed by atoms with Gasteiger partial charge < -0.3 is 5.11 Å². The van der Waals surface area contributed by atoms with Gasteiger partial charge in [-0.1, -0.05) is 30.5 Å². The Hall–Kier alpha value is -1.70. The van der Waals surface area contributed by atoms with Gasteiger partial charge in [-0.05, 0) is 31.9 Å². The molecule has 6 nitrogen and oxygen atoms in total. The molecule has 0 saturated heterocycles. The highest BCUT2D eigenvalue weighted by molar-refractivity contribution is 7.89. The van der Waals surface area contributed by atoms with Crippen LogP contribution < -0.4 is 4.72 Å². The summed E-state index contributed by atoms with van der Waals surface area (Å²) in [6, 6.07) is 7.24. The molecule has 1 saturated carbocycles. The number of aromatic nitrogens is 2. The molecule has 0 amide bonds. The van der Waals surface area contributed by atoms with Crippen LogP contribution in [0.2, 0.25) is 0 Å². The van der Waals surface area contributed by atoms with Crippen molar-refractivity contribution in [3.63, 3.8) is 0 Å². The molecule has 2 atom stereocenters. The summed E-state index contributed by atoms with van der Waals surface area (Å²) >= 11 is 0. The lowest BCUT2D eigenvalue weighted by molar-refractivity contribution is 0.101. The maximum absolute atomic E-state index is 12.5. The highest BCUT2D eigenvalue weighted by Gasteiger charge is 2.28. The van der Waals surface area contributed by atoms with E-state index in [1.54, 1.807) is 0 Å². The maximum Gasteiger partial charge on any atom is 0.244 e. The number of aliphatic hydroxyl groups is 1. The molecule has 2 N–H and O–H groups in total. The molecule has 1 fully saturated rings. The molecule has 1 heterocycles.